The number of benzene rings is 2. The summed E-state index contributed by atoms with van der Waals surface area (Å²) >= 11 is 0. The maximum absolute atomic E-state index is 12.1. The van der Waals surface area contributed by atoms with Gasteiger partial charge in [0.1, 0.15) is 0 Å². The zero-order chi connectivity index (χ0) is 19.3. The number of hydrogen-bond acceptors (Lipinski definition) is 6. The summed E-state index contributed by atoms with van der Waals surface area (Å²) in [7, 11) is 0. The number of esters is 1. The molecule has 0 bridgehead atoms. The number of carbonyl (C=O) groups excluding carboxylic acids is 2. The molecule has 0 heterocycles. The Hall–Kier alpha value is -3.73. The smallest absolute Gasteiger partial charge is 0.339 e. The van der Waals surface area contributed by atoms with Gasteiger partial charge in [0.15, 0.2) is 6.10 Å². The van der Waals surface area contributed by atoms with Crippen molar-refractivity contribution in [2.75, 3.05) is 5.32 Å². The Balaban J connectivity index is 2.06. The molecule has 0 aliphatic heterocycles. The maximum Gasteiger partial charge on any atom is 0.339 e. The van der Waals surface area contributed by atoms with Crippen molar-refractivity contribution in [3.8, 4) is 6.07 Å². The molecule has 0 spiro atoms. The summed E-state index contributed by atoms with van der Waals surface area (Å²) in [6, 6.07) is 12.2. The summed E-state index contributed by atoms with van der Waals surface area (Å²) in [6.45, 7) is 2.93. The monoisotopic (exact) mass is 353 g/mol. The Bertz CT molecular complexity index is 917. The molecule has 0 saturated heterocycles. The average molecular weight is 353 g/mol. The number of nitro groups is 1. The summed E-state index contributed by atoms with van der Waals surface area (Å²) in [5, 5.41) is 22.3. The highest BCUT2D eigenvalue weighted by molar-refractivity contribution is 5.97. The second-order valence-corrected chi connectivity index (χ2v) is 5.49. The molecule has 2 rings (SSSR count). The van der Waals surface area contributed by atoms with E-state index in [0.717, 1.165) is 6.07 Å². The Kier molecular flexibility index (Phi) is 5.65. The van der Waals surface area contributed by atoms with Crippen molar-refractivity contribution in [2.24, 2.45) is 0 Å². The quantitative estimate of drug-likeness (QED) is 0.501. The molecule has 1 N–H and O–H groups in total. The molecule has 1 atom stereocenters. The molecule has 2 aromatic carbocycles. The summed E-state index contributed by atoms with van der Waals surface area (Å²) in [4.78, 5) is 34.6. The zero-order valence-electron chi connectivity index (χ0n) is 14.1. The SMILES string of the molecule is Cc1ccc(C(=O)O[C@@H](C)C(=O)Nc2cccc(C#N)c2)cc1[N+](=O)[O-]. The molecule has 26 heavy (non-hydrogen) atoms. The first-order valence-electron chi connectivity index (χ1n) is 7.59. The number of nitro benzene ring substituents is 1. The third-order valence-corrected chi connectivity index (χ3v) is 3.55. The van der Waals surface area contributed by atoms with Gasteiger partial charge in [0.05, 0.1) is 22.1 Å². The van der Waals surface area contributed by atoms with Gasteiger partial charge in [-0.15, -0.1) is 0 Å². The average Bonchev–Trinajstić information content (AvgIpc) is 2.61. The van der Waals surface area contributed by atoms with E-state index in [-0.39, 0.29) is 11.3 Å². The Labute approximate surface area is 149 Å². The Morgan fingerprint density at radius 2 is 2.00 bits per heavy atom. The molecule has 0 aromatic heterocycles. The first kappa shape index (κ1) is 18.6. The standard InChI is InChI=1S/C18H15N3O5/c1-11-6-7-14(9-16(11)21(24)25)18(23)26-12(2)17(22)20-15-5-3-4-13(8-15)10-19/h3-9,12H,1-2H3,(H,20,22)/t12-/m0/s1. The first-order chi connectivity index (χ1) is 12.3. The lowest BCUT2D eigenvalue weighted by molar-refractivity contribution is -0.385. The van der Waals surface area contributed by atoms with E-state index in [1.165, 1.54) is 25.1 Å². The van der Waals surface area contributed by atoms with Crippen LogP contribution in [0, 0.1) is 28.4 Å². The highest BCUT2D eigenvalue weighted by atomic mass is 16.6. The Morgan fingerprint density at radius 3 is 2.65 bits per heavy atom. The van der Waals surface area contributed by atoms with Crippen molar-refractivity contribution in [1.82, 2.24) is 0 Å². The van der Waals surface area contributed by atoms with Gasteiger partial charge in [-0.2, -0.15) is 5.26 Å². The van der Waals surface area contributed by atoms with Crippen molar-refractivity contribution >= 4 is 23.3 Å². The number of anilines is 1. The summed E-state index contributed by atoms with van der Waals surface area (Å²) in [5.41, 5.74) is 0.954. The van der Waals surface area contributed by atoms with Crippen LogP contribution in [0.4, 0.5) is 11.4 Å². The fourth-order valence-electron chi connectivity index (χ4n) is 2.13. The van der Waals surface area contributed by atoms with Crippen LogP contribution in [0.2, 0.25) is 0 Å². The van der Waals surface area contributed by atoms with Gasteiger partial charge in [0.25, 0.3) is 11.6 Å². The van der Waals surface area contributed by atoms with E-state index in [1.807, 2.05) is 6.07 Å². The minimum Gasteiger partial charge on any atom is -0.449 e. The fraction of sp³-hybridized carbons (Fsp3) is 0.167. The summed E-state index contributed by atoms with van der Waals surface area (Å²) in [6.07, 6.45) is -1.13. The van der Waals surface area contributed by atoms with E-state index >= 15 is 0 Å². The second-order valence-electron chi connectivity index (χ2n) is 5.49. The molecule has 0 unspecified atom stereocenters. The van der Waals surface area contributed by atoms with Crippen molar-refractivity contribution < 1.29 is 19.2 Å². The number of ether oxygens (including phenoxy) is 1. The first-order valence-corrected chi connectivity index (χ1v) is 7.59. The number of amides is 1. The van der Waals surface area contributed by atoms with Crippen LogP contribution in [0.1, 0.15) is 28.4 Å². The van der Waals surface area contributed by atoms with Crippen molar-refractivity contribution in [3.05, 3.63) is 69.3 Å². The topological polar surface area (TPSA) is 122 Å². The van der Waals surface area contributed by atoms with Crippen molar-refractivity contribution in [3.63, 3.8) is 0 Å². The largest absolute Gasteiger partial charge is 0.449 e. The van der Waals surface area contributed by atoms with Crippen LogP contribution in [0.3, 0.4) is 0 Å². The molecule has 0 aliphatic carbocycles. The van der Waals surface area contributed by atoms with Crippen LogP contribution in [0.25, 0.3) is 0 Å². The molecule has 2 aromatic rings. The third-order valence-electron chi connectivity index (χ3n) is 3.55. The van der Waals surface area contributed by atoms with Gasteiger partial charge < -0.3 is 10.1 Å². The second kappa shape index (κ2) is 7.90. The van der Waals surface area contributed by atoms with E-state index in [2.05, 4.69) is 5.32 Å². The lowest BCUT2D eigenvalue weighted by Crippen LogP contribution is -2.30. The molecule has 8 nitrogen and oxygen atoms in total. The molecule has 132 valence electrons. The molecule has 1 amide bonds. The van der Waals surface area contributed by atoms with Crippen LogP contribution in [0.15, 0.2) is 42.5 Å². The van der Waals surface area contributed by atoms with Crippen LogP contribution in [-0.4, -0.2) is 22.9 Å². The van der Waals surface area contributed by atoms with Gasteiger partial charge in [0, 0.05) is 17.3 Å². The maximum atomic E-state index is 12.1. The highest BCUT2D eigenvalue weighted by Gasteiger charge is 2.21. The molecule has 0 saturated carbocycles. The highest BCUT2D eigenvalue weighted by Crippen LogP contribution is 2.20. The van der Waals surface area contributed by atoms with Gasteiger partial charge in [-0.05, 0) is 38.1 Å². The summed E-state index contributed by atoms with van der Waals surface area (Å²) in [5.74, 6) is -1.43. The number of hydrogen-bond donors (Lipinski definition) is 1. The van der Waals surface area contributed by atoms with E-state index in [9.17, 15) is 19.7 Å². The molecule has 0 aliphatic rings. The van der Waals surface area contributed by atoms with Crippen LogP contribution < -0.4 is 5.32 Å². The molecular formula is C18H15N3O5. The minimum absolute atomic E-state index is 0.0200. The Morgan fingerprint density at radius 1 is 1.27 bits per heavy atom. The third kappa shape index (κ3) is 4.42. The van der Waals surface area contributed by atoms with Gasteiger partial charge >= 0.3 is 5.97 Å². The van der Waals surface area contributed by atoms with E-state index in [4.69, 9.17) is 10.00 Å². The van der Waals surface area contributed by atoms with Crippen LogP contribution in [-0.2, 0) is 9.53 Å². The van der Waals surface area contributed by atoms with E-state index in [0.29, 0.717) is 16.8 Å². The predicted molar refractivity (Wildman–Crippen MR) is 92.5 cm³/mol. The lowest BCUT2D eigenvalue weighted by atomic mass is 10.1. The number of nitrogens with one attached hydrogen (secondary N) is 1. The van der Waals surface area contributed by atoms with Gasteiger partial charge in [-0.3, -0.25) is 14.9 Å². The number of rotatable bonds is 5. The van der Waals surface area contributed by atoms with Crippen LogP contribution in [0.5, 0.6) is 0 Å². The number of nitriles is 1. The van der Waals surface area contributed by atoms with Gasteiger partial charge in [-0.25, -0.2) is 4.79 Å². The lowest BCUT2D eigenvalue weighted by Gasteiger charge is -2.14. The van der Waals surface area contributed by atoms with E-state index < -0.39 is 22.9 Å². The van der Waals surface area contributed by atoms with Crippen molar-refractivity contribution in [2.45, 2.75) is 20.0 Å². The van der Waals surface area contributed by atoms with Gasteiger partial charge in [-0.1, -0.05) is 12.1 Å². The zero-order valence-corrected chi connectivity index (χ0v) is 14.1. The molecule has 0 radical (unpaired) electrons. The minimum atomic E-state index is -1.13. The van der Waals surface area contributed by atoms with Crippen molar-refractivity contribution in [1.29, 1.82) is 5.26 Å². The van der Waals surface area contributed by atoms with E-state index in [1.54, 1.807) is 25.1 Å². The molecule has 0 fully saturated rings. The van der Waals surface area contributed by atoms with Crippen LogP contribution >= 0.6 is 0 Å². The fourth-order valence-corrected chi connectivity index (χ4v) is 2.13. The molecule has 8 heteroatoms. The predicted octanol–water partition coefficient (Wildman–Crippen LogP) is 2.96. The molecular weight excluding hydrogens is 338 g/mol. The normalized spacial score (nSPS) is 11.1. The number of nitrogens with zero attached hydrogens (tertiary/aromatic N) is 2. The summed E-state index contributed by atoms with van der Waals surface area (Å²) < 4.78 is 5.06. The number of carbonyl (C=O) groups is 2. The van der Waals surface area contributed by atoms with Gasteiger partial charge in [0.2, 0.25) is 0 Å². The number of aryl methyl sites for hydroxylation is 1.